The lowest BCUT2D eigenvalue weighted by Gasteiger charge is -2.42. The van der Waals surface area contributed by atoms with Crippen LogP contribution in [-0.2, 0) is 24.4 Å². The molecule has 0 amide bonds. The van der Waals surface area contributed by atoms with E-state index in [1.165, 1.54) is 0 Å². The lowest BCUT2D eigenvalue weighted by atomic mass is 9.83. The number of piperidine rings is 1. The summed E-state index contributed by atoms with van der Waals surface area (Å²) in [5.74, 6) is 0.643. The van der Waals surface area contributed by atoms with Gasteiger partial charge in [0.15, 0.2) is 0 Å². The van der Waals surface area contributed by atoms with Crippen LogP contribution >= 0.6 is 0 Å². The number of carbonyl (C=O) groups is 1. The topological polar surface area (TPSA) is 96.5 Å². The van der Waals surface area contributed by atoms with Gasteiger partial charge in [0.05, 0.1) is 13.1 Å². The Balaban J connectivity index is 1.50. The molecule has 0 spiro atoms. The number of hydrogen-bond acceptors (Lipinski definition) is 6. The van der Waals surface area contributed by atoms with Crippen LogP contribution in [0.25, 0.3) is 0 Å². The van der Waals surface area contributed by atoms with Crippen molar-refractivity contribution in [2.75, 3.05) is 26.7 Å². The van der Waals surface area contributed by atoms with Gasteiger partial charge in [-0.1, -0.05) is 6.07 Å². The van der Waals surface area contributed by atoms with Gasteiger partial charge in [0.1, 0.15) is 12.2 Å². The highest BCUT2D eigenvalue weighted by Gasteiger charge is 2.35. The second kappa shape index (κ2) is 8.31. The van der Waals surface area contributed by atoms with Crippen molar-refractivity contribution < 1.29 is 9.90 Å². The SMILES string of the molecule is CC(C)n1cnnc1CN(C)Cc1ccc2n(c1=O)C[C@H]1C[C@@H]2CN(CC(=O)O)C1. The number of nitrogens with zero attached hydrogens (tertiary/aromatic N) is 6. The van der Waals surface area contributed by atoms with E-state index in [9.17, 15) is 9.59 Å². The fraction of sp³-hybridized carbons (Fsp3) is 0.619. The summed E-state index contributed by atoms with van der Waals surface area (Å²) in [6.07, 6.45) is 2.77. The fourth-order valence-electron chi connectivity index (χ4n) is 4.93. The summed E-state index contributed by atoms with van der Waals surface area (Å²) in [6, 6.07) is 4.29. The second-order valence-corrected chi connectivity index (χ2v) is 9.01. The summed E-state index contributed by atoms with van der Waals surface area (Å²) in [6.45, 7) is 7.53. The Kier molecular flexibility index (Phi) is 5.75. The van der Waals surface area contributed by atoms with Crippen molar-refractivity contribution in [1.29, 1.82) is 0 Å². The molecule has 1 N–H and O–H groups in total. The van der Waals surface area contributed by atoms with Gasteiger partial charge in [-0.25, -0.2) is 0 Å². The van der Waals surface area contributed by atoms with Gasteiger partial charge < -0.3 is 14.2 Å². The van der Waals surface area contributed by atoms with Crippen LogP contribution < -0.4 is 5.56 Å². The average Bonchev–Trinajstić information content (AvgIpc) is 3.12. The molecule has 4 rings (SSSR count). The Morgan fingerprint density at radius 1 is 1.27 bits per heavy atom. The van der Waals surface area contributed by atoms with Crippen molar-refractivity contribution >= 4 is 5.97 Å². The van der Waals surface area contributed by atoms with E-state index >= 15 is 0 Å². The number of pyridine rings is 1. The molecule has 1 fully saturated rings. The van der Waals surface area contributed by atoms with Crippen molar-refractivity contribution in [3.05, 3.63) is 45.9 Å². The number of likely N-dealkylation sites (tertiary alicyclic amines) is 1. The number of aromatic nitrogens is 4. The molecule has 162 valence electrons. The molecule has 0 radical (unpaired) electrons. The predicted molar refractivity (Wildman–Crippen MR) is 111 cm³/mol. The van der Waals surface area contributed by atoms with Gasteiger partial charge in [-0.05, 0) is 39.3 Å². The molecule has 2 aliphatic heterocycles. The summed E-state index contributed by atoms with van der Waals surface area (Å²) in [4.78, 5) is 28.4. The minimum atomic E-state index is -0.793. The third-order valence-electron chi connectivity index (χ3n) is 6.17. The van der Waals surface area contributed by atoms with Crippen molar-refractivity contribution in [2.45, 2.75) is 51.9 Å². The van der Waals surface area contributed by atoms with E-state index in [1.807, 2.05) is 27.1 Å². The molecule has 2 atom stereocenters. The van der Waals surface area contributed by atoms with Crippen LogP contribution in [0.5, 0.6) is 0 Å². The zero-order chi connectivity index (χ0) is 21.4. The lowest BCUT2D eigenvalue weighted by molar-refractivity contribution is -0.139. The highest BCUT2D eigenvalue weighted by Crippen LogP contribution is 2.35. The molecule has 2 aliphatic rings. The maximum atomic E-state index is 13.2. The molecule has 0 aromatic carbocycles. The maximum absolute atomic E-state index is 13.2. The van der Waals surface area contributed by atoms with E-state index in [1.54, 1.807) is 6.33 Å². The number of hydrogen-bond donors (Lipinski definition) is 1. The summed E-state index contributed by atoms with van der Waals surface area (Å²) >= 11 is 0. The van der Waals surface area contributed by atoms with Crippen LogP contribution in [0.2, 0.25) is 0 Å². The minimum absolute atomic E-state index is 0.0705. The summed E-state index contributed by atoms with van der Waals surface area (Å²) in [7, 11) is 1.99. The van der Waals surface area contributed by atoms with Gasteiger partial charge in [-0.3, -0.25) is 19.4 Å². The molecule has 9 heteroatoms. The number of carboxylic acids is 1. The predicted octanol–water partition coefficient (Wildman–Crippen LogP) is 1.16. The maximum Gasteiger partial charge on any atom is 0.317 e. The molecular formula is C21H30N6O3. The molecule has 0 unspecified atom stereocenters. The van der Waals surface area contributed by atoms with E-state index < -0.39 is 5.97 Å². The monoisotopic (exact) mass is 414 g/mol. The molecule has 4 heterocycles. The molecule has 30 heavy (non-hydrogen) atoms. The number of carboxylic acid groups (broad SMARTS) is 1. The van der Waals surface area contributed by atoms with Crippen molar-refractivity contribution in [3.8, 4) is 0 Å². The third kappa shape index (κ3) is 4.17. The van der Waals surface area contributed by atoms with Crippen molar-refractivity contribution in [2.24, 2.45) is 5.92 Å². The first kappa shape index (κ1) is 20.7. The van der Waals surface area contributed by atoms with E-state index in [0.29, 0.717) is 32.1 Å². The molecule has 1 saturated heterocycles. The molecule has 9 nitrogen and oxygen atoms in total. The molecular weight excluding hydrogens is 384 g/mol. The van der Waals surface area contributed by atoms with Crippen LogP contribution in [-0.4, -0.2) is 66.9 Å². The first-order valence-electron chi connectivity index (χ1n) is 10.6. The lowest BCUT2D eigenvalue weighted by Crippen LogP contribution is -2.48. The quantitative estimate of drug-likeness (QED) is 0.726. The summed E-state index contributed by atoms with van der Waals surface area (Å²) in [5, 5.41) is 17.4. The highest BCUT2D eigenvalue weighted by atomic mass is 16.4. The Morgan fingerprint density at radius 2 is 2.07 bits per heavy atom. The molecule has 0 aliphatic carbocycles. The first-order valence-corrected chi connectivity index (χ1v) is 10.6. The van der Waals surface area contributed by atoms with Crippen LogP contribution in [0, 0.1) is 5.92 Å². The Morgan fingerprint density at radius 3 is 2.80 bits per heavy atom. The Hall–Kier alpha value is -2.52. The summed E-state index contributed by atoms with van der Waals surface area (Å²) < 4.78 is 3.97. The summed E-state index contributed by atoms with van der Waals surface area (Å²) in [5.41, 5.74) is 1.89. The number of fused-ring (bicyclic) bond motifs is 4. The fourth-order valence-corrected chi connectivity index (χ4v) is 4.93. The number of rotatable bonds is 7. The molecule has 2 aromatic heterocycles. The van der Waals surface area contributed by atoms with Crippen LogP contribution in [0.4, 0.5) is 0 Å². The van der Waals surface area contributed by atoms with E-state index in [-0.39, 0.29) is 24.1 Å². The van der Waals surface area contributed by atoms with Gasteiger partial charge in [-0.15, -0.1) is 10.2 Å². The van der Waals surface area contributed by atoms with E-state index in [0.717, 1.165) is 30.0 Å². The van der Waals surface area contributed by atoms with E-state index in [2.05, 4.69) is 35.0 Å². The van der Waals surface area contributed by atoms with Gasteiger partial charge in [0.2, 0.25) is 0 Å². The Bertz CT molecular complexity index is 981. The standard InChI is InChI=1S/C21H30N6O3/c1-14(2)27-13-22-23-19(27)11-24(3)9-16-4-5-18-17-6-15(8-26(18)21(16)30)7-25(10-17)12-20(28)29/h4-5,13-15,17H,6-12H2,1-3H3,(H,28,29)/t15-,17+/m0/s1. The van der Waals surface area contributed by atoms with Crippen molar-refractivity contribution in [1.82, 2.24) is 29.1 Å². The highest BCUT2D eigenvalue weighted by molar-refractivity contribution is 5.69. The zero-order valence-electron chi connectivity index (χ0n) is 17.9. The smallest absolute Gasteiger partial charge is 0.317 e. The molecule has 2 bridgehead atoms. The van der Waals surface area contributed by atoms with E-state index in [4.69, 9.17) is 5.11 Å². The van der Waals surface area contributed by atoms with Crippen LogP contribution in [0.15, 0.2) is 23.3 Å². The van der Waals surface area contributed by atoms with Crippen LogP contribution in [0.1, 0.15) is 49.3 Å². The van der Waals surface area contributed by atoms with Gasteiger partial charge >= 0.3 is 5.97 Å². The number of aliphatic carboxylic acids is 1. The molecule has 0 saturated carbocycles. The van der Waals surface area contributed by atoms with Crippen LogP contribution in [0.3, 0.4) is 0 Å². The third-order valence-corrected chi connectivity index (χ3v) is 6.17. The first-order chi connectivity index (χ1) is 14.3. The van der Waals surface area contributed by atoms with Gasteiger partial charge in [0, 0.05) is 49.4 Å². The normalized spacial score (nSPS) is 21.2. The Labute approximate surface area is 175 Å². The average molecular weight is 415 g/mol. The minimum Gasteiger partial charge on any atom is -0.480 e. The zero-order valence-corrected chi connectivity index (χ0v) is 17.9. The largest absolute Gasteiger partial charge is 0.480 e. The van der Waals surface area contributed by atoms with Gasteiger partial charge in [-0.2, -0.15) is 0 Å². The van der Waals surface area contributed by atoms with Crippen molar-refractivity contribution in [3.63, 3.8) is 0 Å². The van der Waals surface area contributed by atoms with Gasteiger partial charge in [0.25, 0.3) is 5.56 Å². The molecule has 2 aromatic rings. The second-order valence-electron chi connectivity index (χ2n) is 9.01.